The third-order valence-electron chi connectivity index (χ3n) is 15.5. The van der Waals surface area contributed by atoms with Crippen molar-refractivity contribution < 1.29 is 33.4 Å². The van der Waals surface area contributed by atoms with E-state index in [0.717, 1.165) is 25.7 Å². The van der Waals surface area contributed by atoms with Crippen LogP contribution in [0, 0.1) is 68.0 Å². The molecule has 7 nitrogen and oxygen atoms in total. The Balaban J connectivity index is 1.32. The summed E-state index contributed by atoms with van der Waals surface area (Å²) in [4.78, 5) is 54.3. The Hall–Kier alpha value is -1.76. The van der Waals surface area contributed by atoms with Gasteiger partial charge in [0.2, 0.25) is 0 Å². The number of carbonyl (C=O) groups is 4. The van der Waals surface area contributed by atoms with Gasteiger partial charge >= 0.3 is 11.9 Å². The highest BCUT2D eigenvalue weighted by molar-refractivity contribution is 6.02. The molecule has 6 aliphatic carbocycles. The second kappa shape index (κ2) is 6.26. The van der Waals surface area contributed by atoms with Gasteiger partial charge in [0.05, 0.1) is 36.6 Å². The highest BCUT2D eigenvalue weighted by atomic mass is 16.6. The van der Waals surface area contributed by atoms with Gasteiger partial charge in [-0.05, 0) is 48.3 Å². The van der Waals surface area contributed by atoms with Crippen LogP contribution < -0.4 is 0 Å². The Bertz CT molecular complexity index is 1260. The van der Waals surface area contributed by atoms with Crippen molar-refractivity contribution in [1.82, 2.24) is 0 Å². The fourth-order valence-corrected chi connectivity index (χ4v) is 13.5. The van der Waals surface area contributed by atoms with Gasteiger partial charge < -0.3 is 14.2 Å². The van der Waals surface area contributed by atoms with Crippen LogP contribution in [-0.4, -0.2) is 48.9 Å². The summed E-state index contributed by atoms with van der Waals surface area (Å²) in [5.74, 6) is -0.925. The molecule has 8 aliphatic rings. The Labute approximate surface area is 224 Å². The van der Waals surface area contributed by atoms with Gasteiger partial charge in [0.25, 0.3) is 0 Å². The molecule has 2 aliphatic heterocycles. The summed E-state index contributed by atoms with van der Waals surface area (Å²) in [5.41, 5.74) is -2.72. The molecule has 2 heterocycles. The van der Waals surface area contributed by atoms with Crippen molar-refractivity contribution in [3.05, 3.63) is 0 Å². The van der Waals surface area contributed by atoms with Gasteiger partial charge in [0.15, 0.2) is 0 Å². The second-order valence-electron chi connectivity index (χ2n) is 15.1. The van der Waals surface area contributed by atoms with E-state index in [-0.39, 0.29) is 82.1 Å². The first-order valence-electron chi connectivity index (χ1n) is 14.8. The van der Waals surface area contributed by atoms with Gasteiger partial charge in [-0.1, -0.05) is 41.5 Å². The molecule has 0 N–H and O–H groups in total. The molecule has 0 radical (unpaired) electrons. The van der Waals surface area contributed by atoms with E-state index in [2.05, 4.69) is 27.7 Å². The fourth-order valence-electron chi connectivity index (χ4n) is 13.5. The summed E-state index contributed by atoms with van der Waals surface area (Å²) in [6, 6.07) is 0. The van der Waals surface area contributed by atoms with Crippen molar-refractivity contribution in [2.24, 2.45) is 68.0 Å². The highest BCUT2D eigenvalue weighted by Crippen LogP contribution is 2.97. The standard InChI is InChI=1S/C31H40O7/c1-13(24(34)36-7)15-8-10-26(3)28(5)18(32)12-17-19-20(33)29(6)27(4)11-9-16-14(2)25(35)38-22(16)31(27,29)23(19)37-21(15)30(17,26)28/h13-17,19,21-23H,8-12H2,1-7H3. The van der Waals surface area contributed by atoms with Gasteiger partial charge in [0, 0.05) is 34.5 Å². The van der Waals surface area contributed by atoms with E-state index in [9.17, 15) is 19.2 Å². The lowest BCUT2D eigenvalue weighted by molar-refractivity contribution is -0.234. The maximum absolute atomic E-state index is 14.7. The van der Waals surface area contributed by atoms with Gasteiger partial charge in [-0.2, -0.15) is 0 Å². The molecule has 2 saturated heterocycles. The van der Waals surface area contributed by atoms with E-state index in [0.29, 0.717) is 6.42 Å². The number of carbonyl (C=O) groups excluding carboxylic acids is 4. The number of Topliss-reactive ketones (excluding diaryl/α,β-unsaturated/α-hetero) is 2. The van der Waals surface area contributed by atoms with E-state index in [4.69, 9.17) is 14.2 Å². The largest absolute Gasteiger partial charge is 0.469 e. The van der Waals surface area contributed by atoms with Crippen LogP contribution >= 0.6 is 0 Å². The number of ketones is 2. The van der Waals surface area contributed by atoms with Crippen molar-refractivity contribution in [3.63, 3.8) is 0 Å². The van der Waals surface area contributed by atoms with Crippen LogP contribution in [-0.2, 0) is 33.4 Å². The molecule has 2 spiro atoms. The van der Waals surface area contributed by atoms with Crippen LogP contribution in [0.25, 0.3) is 0 Å². The van der Waals surface area contributed by atoms with Crippen LogP contribution in [0.4, 0.5) is 0 Å². The predicted octanol–water partition coefficient (Wildman–Crippen LogP) is 3.76. The van der Waals surface area contributed by atoms with Gasteiger partial charge in [-0.25, -0.2) is 0 Å². The fraction of sp³-hybridized carbons (Fsp3) is 0.871. The topological polar surface area (TPSA) is 96.0 Å². The van der Waals surface area contributed by atoms with E-state index >= 15 is 0 Å². The zero-order valence-corrected chi connectivity index (χ0v) is 23.6. The summed E-state index contributed by atoms with van der Waals surface area (Å²) in [5, 5.41) is 0. The number of hydrogen-bond acceptors (Lipinski definition) is 7. The highest BCUT2D eigenvalue weighted by Gasteiger charge is 3.02. The third kappa shape index (κ3) is 1.77. The van der Waals surface area contributed by atoms with E-state index in [1.165, 1.54) is 7.11 Å². The normalized spacial score (nSPS) is 63.0. The molecule has 8 rings (SSSR count). The van der Waals surface area contributed by atoms with Crippen molar-refractivity contribution in [2.45, 2.75) is 92.0 Å². The van der Waals surface area contributed by atoms with Crippen LogP contribution in [0.1, 0.15) is 73.6 Å². The summed E-state index contributed by atoms with van der Waals surface area (Å²) >= 11 is 0. The number of fused-ring (bicyclic) bond motifs is 5. The number of rotatable bonds is 2. The smallest absolute Gasteiger partial charge is 0.309 e. The van der Waals surface area contributed by atoms with Gasteiger partial charge in [0.1, 0.15) is 17.7 Å². The van der Waals surface area contributed by atoms with Crippen LogP contribution in [0.5, 0.6) is 0 Å². The molecule has 0 aromatic carbocycles. The first kappa shape index (κ1) is 24.1. The lowest BCUT2D eigenvalue weighted by Crippen LogP contribution is -2.61. The molecule has 0 aromatic rings. The SMILES string of the molecule is COC(=O)C(C)C1CCC2(C)C3(C)C(=O)CC4C5C(=O)C6(C)C7(C)CCC8C(C)C(=O)OC8C76C5OC1C423. The third-order valence-corrected chi connectivity index (χ3v) is 15.5. The monoisotopic (exact) mass is 524 g/mol. The molecule has 0 amide bonds. The maximum atomic E-state index is 14.7. The molecule has 8 fully saturated rings. The summed E-state index contributed by atoms with van der Waals surface area (Å²) in [6.45, 7) is 12.5. The Morgan fingerprint density at radius 3 is 2.29 bits per heavy atom. The van der Waals surface area contributed by atoms with Crippen molar-refractivity contribution in [1.29, 1.82) is 0 Å². The quantitative estimate of drug-likeness (QED) is 0.508. The van der Waals surface area contributed by atoms with E-state index in [1.54, 1.807) is 0 Å². The van der Waals surface area contributed by atoms with Gasteiger partial charge in [-0.3, -0.25) is 19.2 Å². The number of methoxy groups -OCH3 is 1. The minimum absolute atomic E-state index is 0.0838. The number of esters is 2. The average Bonchev–Trinajstić information content (AvgIpc) is 3.29. The van der Waals surface area contributed by atoms with Crippen LogP contribution in [0.3, 0.4) is 0 Å². The lowest BCUT2D eigenvalue weighted by atomic mass is 9.56. The summed E-state index contributed by atoms with van der Waals surface area (Å²) in [6.07, 6.45) is 2.76. The zero-order chi connectivity index (χ0) is 27.2. The zero-order valence-electron chi connectivity index (χ0n) is 23.6. The van der Waals surface area contributed by atoms with Crippen LogP contribution in [0.2, 0.25) is 0 Å². The van der Waals surface area contributed by atoms with E-state index < -0.39 is 27.8 Å². The summed E-state index contributed by atoms with van der Waals surface area (Å²) in [7, 11) is 1.43. The first-order valence-corrected chi connectivity index (χ1v) is 14.8. The average molecular weight is 525 g/mol. The molecule has 206 valence electrons. The molecule has 0 aromatic heterocycles. The molecule has 15 atom stereocenters. The minimum atomic E-state index is -0.639. The van der Waals surface area contributed by atoms with Crippen molar-refractivity contribution in [2.75, 3.05) is 7.11 Å². The Kier molecular flexibility index (Phi) is 3.97. The molecular formula is C31H40O7. The second-order valence-corrected chi connectivity index (χ2v) is 15.1. The van der Waals surface area contributed by atoms with Crippen molar-refractivity contribution >= 4 is 23.5 Å². The predicted molar refractivity (Wildman–Crippen MR) is 133 cm³/mol. The number of hydrogen-bond donors (Lipinski definition) is 0. The Morgan fingerprint density at radius 1 is 0.947 bits per heavy atom. The molecule has 15 unspecified atom stereocenters. The van der Waals surface area contributed by atoms with Crippen molar-refractivity contribution in [3.8, 4) is 0 Å². The molecule has 0 bridgehead atoms. The van der Waals surface area contributed by atoms with Crippen LogP contribution in [0.15, 0.2) is 0 Å². The molecule has 7 heteroatoms. The lowest BCUT2D eigenvalue weighted by Gasteiger charge is -2.55. The number of ether oxygens (including phenoxy) is 3. The molecule has 38 heavy (non-hydrogen) atoms. The molecule has 6 saturated carbocycles. The minimum Gasteiger partial charge on any atom is -0.469 e. The van der Waals surface area contributed by atoms with Gasteiger partial charge in [-0.15, -0.1) is 0 Å². The Morgan fingerprint density at radius 2 is 1.61 bits per heavy atom. The summed E-state index contributed by atoms with van der Waals surface area (Å²) < 4.78 is 18.8. The maximum Gasteiger partial charge on any atom is 0.309 e. The first-order chi connectivity index (χ1) is 17.8. The van der Waals surface area contributed by atoms with E-state index in [1.807, 2.05) is 13.8 Å². The molecular weight excluding hydrogens is 484 g/mol.